The summed E-state index contributed by atoms with van der Waals surface area (Å²) in [5.74, 6) is 4.53. The summed E-state index contributed by atoms with van der Waals surface area (Å²) >= 11 is 0. The van der Waals surface area contributed by atoms with Crippen molar-refractivity contribution in [3.05, 3.63) is 53.1 Å². The van der Waals surface area contributed by atoms with Crippen LogP contribution in [0.2, 0.25) is 0 Å². The van der Waals surface area contributed by atoms with Gasteiger partial charge in [-0.2, -0.15) is 5.10 Å². The molecule has 108 valence electrons. The molecule has 1 aromatic heterocycles. The molecule has 1 amide bonds. The number of halogens is 1. The molecule has 2 aromatic rings. The predicted octanol–water partition coefficient (Wildman–Crippen LogP) is 0.799. The monoisotopic (exact) mass is 286 g/mol. The molecule has 0 fully saturated rings. The van der Waals surface area contributed by atoms with E-state index in [0.29, 0.717) is 5.56 Å². The van der Waals surface area contributed by atoms with Crippen LogP contribution in [0.4, 0.5) is 4.39 Å². The third-order valence-electron chi connectivity index (χ3n) is 2.75. The standard InChI is InChI=1S/C15H15FN4O/c1-20-8-6-13(19-20)10-18-15(21)14-9-12(16)5-4-11(14)3-2-7-17/h4-6,8-9H,7,10,17H2,1H3,(H,18,21). The fourth-order valence-electron chi connectivity index (χ4n) is 1.78. The fraction of sp³-hybridized carbons (Fsp3) is 0.200. The van der Waals surface area contributed by atoms with Crippen molar-refractivity contribution >= 4 is 5.91 Å². The maximum Gasteiger partial charge on any atom is 0.252 e. The van der Waals surface area contributed by atoms with E-state index in [2.05, 4.69) is 22.3 Å². The molecule has 0 saturated carbocycles. The van der Waals surface area contributed by atoms with Crippen LogP contribution in [0.1, 0.15) is 21.6 Å². The van der Waals surface area contributed by atoms with Crippen LogP contribution in [-0.2, 0) is 13.6 Å². The lowest BCUT2D eigenvalue weighted by Gasteiger charge is -2.06. The number of carbonyl (C=O) groups is 1. The lowest BCUT2D eigenvalue weighted by molar-refractivity contribution is 0.0949. The molecule has 0 atom stereocenters. The summed E-state index contributed by atoms with van der Waals surface area (Å²) in [6.07, 6.45) is 1.78. The van der Waals surface area contributed by atoms with E-state index >= 15 is 0 Å². The fourth-order valence-corrected chi connectivity index (χ4v) is 1.78. The second-order valence-electron chi connectivity index (χ2n) is 4.36. The highest BCUT2D eigenvalue weighted by molar-refractivity contribution is 5.96. The van der Waals surface area contributed by atoms with Crippen molar-refractivity contribution in [1.29, 1.82) is 0 Å². The van der Waals surface area contributed by atoms with Gasteiger partial charge in [0.25, 0.3) is 5.91 Å². The van der Waals surface area contributed by atoms with E-state index in [1.807, 2.05) is 0 Å². The highest BCUT2D eigenvalue weighted by atomic mass is 19.1. The lowest BCUT2D eigenvalue weighted by atomic mass is 10.1. The van der Waals surface area contributed by atoms with E-state index in [-0.39, 0.29) is 18.7 Å². The van der Waals surface area contributed by atoms with E-state index in [0.717, 1.165) is 11.8 Å². The minimum Gasteiger partial charge on any atom is -0.346 e. The minimum atomic E-state index is -0.490. The molecule has 1 heterocycles. The van der Waals surface area contributed by atoms with E-state index in [4.69, 9.17) is 5.73 Å². The van der Waals surface area contributed by atoms with Crippen molar-refractivity contribution in [2.45, 2.75) is 6.54 Å². The molecule has 0 aliphatic rings. The number of rotatable bonds is 3. The van der Waals surface area contributed by atoms with Crippen molar-refractivity contribution in [3.8, 4) is 11.8 Å². The molecule has 0 aliphatic carbocycles. The molecule has 0 saturated heterocycles. The number of amides is 1. The van der Waals surface area contributed by atoms with Gasteiger partial charge in [-0.15, -0.1) is 0 Å². The number of carbonyl (C=O) groups excluding carboxylic acids is 1. The minimum absolute atomic E-state index is 0.173. The van der Waals surface area contributed by atoms with Crippen LogP contribution in [0.25, 0.3) is 0 Å². The molecule has 0 radical (unpaired) electrons. The Morgan fingerprint density at radius 3 is 2.95 bits per heavy atom. The van der Waals surface area contributed by atoms with Crippen LogP contribution in [-0.4, -0.2) is 22.2 Å². The van der Waals surface area contributed by atoms with Crippen LogP contribution in [0.5, 0.6) is 0 Å². The Morgan fingerprint density at radius 1 is 1.48 bits per heavy atom. The Kier molecular flexibility index (Phi) is 4.69. The predicted molar refractivity (Wildman–Crippen MR) is 76.7 cm³/mol. The Labute approximate surface area is 122 Å². The van der Waals surface area contributed by atoms with Gasteiger partial charge in [-0.3, -0.25) is 9.48 Å². The molecular formula is C15H15FN4O. The highest BCUT2D eigenvalue weighted by Crippen LogP contribution is 2.10. The molecule has 21 heavy (non-hydrogen) atoms. The summed E-state index contributed by atoms with van der Waals surface area (Å²) in [6, 6.07) is 5.68. The van der Waals surface area contributed by atoms with E-state index < -0.39 is 11.7 Å². The molecule has 0 aliphatic heterocycles. The lowest BCUT2D eigenvalue weighted by Crippen LogP contribution is -2.24. The second kappa shape index (κ2) is 6.68. The molecule has 3 N–H and O–H groups in total. The number of aromatic nitrogens is 2. The van der Waals surface area contributed by atoms with Crippen molar-refractivity contribution in [3.63, 3.8) is 0 Å². The summed E-state index contributed by atoms with van der Waals surface area (Å²) in [4.78, 5) is 12.1. The molecule has 5 nitrogen and oxygen atoms in total. The maximum absolute atomic E-state index is 13.3. The average molecular weight is 286 g/mol. The van der Waals surface area contributed by atoms with E-state index in [1.165, 1.54) is 12.1 Å². The summed E-state index contributed by atoms with van der Waals surface area (Å²) < 4.78 is 15.0. The average Bonchev–Trinajstić information content (AvgIpc) is 2.89. The molecule has 1 aromatic carbocycles. The zero-order valence-corrected chi connectivity index (χ0v) is 11.6. The Bertz CT molecular complexity index is 712. The Hall–Kier alpha value is -2.65. The molecule has 0 bridgehead atoms. The molecule has 0 spiro atoms. The quantitative estimate of drug-likeness (QED) is 0.820. The number of benzene rings is 1. The Balaban J connectivity index is 2.15. The first-order valence-electron chi connectivity index (χ1n) is 6.35. The van der Waals surface area contributed by atoms with Gasteiger partial charge in [-0.05, 0) is 24.3 Å². The molecular weight excluding hydrogens is 271 g/mol. The molecule has 2 rings (SSSR count). The first-order chi connectivity index (χ1) is 10.1. The second-order valence-corrected chi connectivity index (χ2v) is 4.36. The largest absolute Gasteiger partial charge is 0.346 e. The van der Waals surface area contributed by atoms with Gasteiger partial charge in [0, 0.05) is 18.8 Å². The van der Waals surface area contributed by atoms with Gasteiger partial charge in [0.05, 0.1) is 24.3 Å². The first-order valence-corrected chi connectivity index (χ1v) is 6.35. The number of nitrogens with zero attached hydrogens (tertiary/aromatic N) is 2. The third kappa shape index (κ3) is 3.91. The van der Waals surface area contributed by atoms with Gasteiger partial charge in [0.2, 0.25) is 0 Å². The first kappa shape index (κ1) is 14.8. The smallest absolute Gasteiger partial charge is 0.252 e. The van der Waals surface area contributed by atoms with Gasteiger partial charge in [-0.25, -0.2) is 4.39 Å². The van der Waals surface area contributed by atoms with Gasteiger partial charge in [-0.1, -0.05) is 11.8 Å². The number of hydrogen-bond acceptors (Lipinski definition) is 3. The summed E-state index contributed by atoms with van der Waals surface area (Å²) in [7, 11) is 1.79. The number of nitrogens with one attached hydrogen (secondary N) is 1. The maximum atomic E-state index is 13.3. The topological polar surface area (TPSA) is 72.9 Å². The zero-order valence-electron chi connectivity index (χ0n) is 11.6. The van der Waals surface area contributed by atoms with Crippen molar-refractivity contribution in [1.82, 2.24) is 15.1 Å². The van der Waals surface area contributed by atoms with Crippen molar-refractivity contribution in [2.24, 2.45) is 12.8 Å². The van der Waals surface area contributed by atoms with Crippen LogP contribution in [0.3, 0.4) is 0 Å². The molecule has 6 heteroatoms. The van der Waals surface area contributed by atoms with Crippen LogP contribution >= 0.6 is 0 Å². The van der Waals surface area contributed by atoms with E-state index in [1.54, 1.807) is 24.0 Å². The van der Waals surface area contributed by atoms with Crippen LogP contribution in [0, 0.1) is 17.7 Å². The zero-order chi connectivity index (χ0) is 15.2. The van der Waals surface area contributed by atoms with Crippen molar-refractivity contribution < 1.29 is 9.18 Å². The number of hydrogen-bond donors (Lipinski definition) is 2. The van der Waals surface area contributed by atoms with Gasteiger partial charge < -0.3 is 11.1 Å². The van der Waals surface area contributed by atoms with Gasteiger partial charge in [0.15, 0.2) is 0 Å². The third-order valence-corrected chi connectivity index (χ3v) is 2.75. The number of nitrogens with two attached hydrogens (primary N) is 1. The highest BCUT2D eigenvalue weighted by Gasteiger charge is 2.12. The summed E-state index contributed by atoms with van der Waals surface area (Å²) in [5.41, 5.74) is 6.66. The van der Waals surface area contributed by atoms with Crippen LogP contribution in [0.15, 0.2) is 30.5 Å². The van der Waals surface area contributed by atoms with Gasteiger partial charge >= 0.3 is 0 Å². The SMILES string of the molecule is Cn1ccc(CNC(=O)c2cc(F)ccc2C#CCN)n1. The number of aryl methyl sites for hydroxylation is 1. The molecule has 0 unspecified atom stereocenters. The van der Waals surface area contributed by atoms with Gasteiger partial charge in [0.1, 0.15) is 5.82 Å². The van der Waals surface area contributed by atoms with Crippen molar-refractivity contribution in [2.75, 3.05) is 6.54 Å². The van der Waals surface area contributed by atoms with Crippen LogP contribution < -0.4 is 11.1 Å². The summed E-state index contributed by atoms with van der Waals surface area (Å²) in [5, 5.41) is 6.84. The normalized spacial score (nSPS) is 9.86. The summed E-state index contributed by atoms with van der Waals surface area (Å²) in [6.45, 7) is 0.437. The Morgan fingerprint density at radius 2 is 2.29 bits per heavy atom. The van der Waals surface area contributed by atoms with E-state index in [9.17, 15) is 9.18 Å².